The average Bonchev–Trinajstić information content (AvgIpc) is 2.48. The second kappa shape index (κ2) is 6.16. The van der Waals surface area contributed by atoms with E-state index in [2.05, 4.69) is 17.3 Å². The molecule has 0 spiro atoms. The summed E-state index contributed by atoms with van der Waals surface area (Å²) < 4.78 is 5.19. The van der Waals surface area contributed by atoms with Gasteiger partial charge in [0.2, 0.25) is 0 Å². The number of hydrogen-bond donors (Lipinski definition) is 2. The fraction of sp³-hybridized carbons (Fsp3) is 0.588. The Morgan fingerprint density at radius 1 is 1.32 bits per heavy atom. The lowest BCUT2D eigenvalue weighted by atomic mass is 9.82. The van der Waals surface area contributed by atoms with Crippen molar-refractivity contribution in [1.82, 2.24) is 10.2 Å². The molecule has 2 bridgehead atoms. The van der Waals surface area contributed by atoms with E-state index in [9.17, 15) is 4.79 Å². The van der Waals surface area contributed by atoms with Crippen molar-refractivity contribution in [3.8, 4) is 5.75 Å². The second-order valence-electron chi connectivity index (χ2n) is 6.50. The number of amides is 1. The number of nitrogens with two attached hydrogens (primary N) is 1. The Bertz CT molecular complexity index is 547. The minimum absolute atomic E-state index is 0.0362. The largest absolute Gasteiger partial charge is 0.495 e. The van der Waals surface area contributed by atoms with Crippen molar-refractivity contribution < 1.29 is 9.53 Å². The first kappa shape index (κ1) is 15.2. The van der Waals surface area contributed by atoms with Crippen molar-refractivity contribution in [2.24, 2.45) is 0 Å². The third kappa shape index (κ3) is 2.90. The van der Waals surface area contributed by atoms with Gasteiger partial charge in [-0.1, -0.05) is 6.42 Å². The Morgan fingerprint density at radius 2 is 2.00 bits per heavy atom. The molecular formula is C17H25N3O2. The van der Waals surface area contributed by atoms with Crippen LogP contribution in [0.25, 0.3) is 0 Å². The van der Waals surface area contributed by atoms with Gasteiger partial charge < -0.3 is 20.7 Å². The zero-order valence-corrected chi connectivity index (χ0v) is 13.3. The first-order valence-electron chi connectivity index (χ1n) is 8.04. The third-order valence-electron chi connectivity index (χ3n) is 5.17. The predicted octanol–water partition coefficient (Wildman–Crippen LogP) is 2.02. The van der Waals surface area contributed by atoms with Crippen LogP contribution in [0.1, 0.15) is 42.5 Å². The fourth-order valence-corrected chi connectivity index (χ4v) is 3.85. The molecule has 0 radical (unpaired) electrons. The Hall–Kier alpha value is -1.75. The third-order valence-corrected chi connectivity index (χ3v) is 5.17. The van der Waals surface area contributed by atoms with Gasteiger partial charge in [-0.2, -0.15) is 0 Å². The molecule has 2 fully saturated rings. The van der Waals surface area contributed by atoms with E-state index in [4.69, 9.17) is 10.5 Å². The number of nitrogen functional groups attached to an aromatic ring is 1. The lowest BCUT2D eigenvalue weighted by molar-refractivity contribution is 0.0463. The van der Waals surface area contributed by atoms with Gasteiger partial charge in [0.1, 0.15) is 5.75 Å². The van der Waals surface area contributed by atoms with Gasteiger partial charge >= 0.3 is 0 Å². The van der Waals surface area contributed by atoms with Crippen LogP contribution in [0.4, 0.5) is 5.69 Å². The number of ether oxygens (including phenoxy) is 1. The molecule has 3 rings (SSSR count). The van der Waals surface area contributed by atoms with Crippen molar-refractivity contribution in [2.45, 2.75) is 50.2 Å². The van der Waals surface area contributed by atoms with Gasteiger partial charge in [0.15, 0.2) is 0 Å². The molecule has 1 aromatic rings. The van der Waals surface area contributed by atoms with E-state index in [1.54, 1.807) is 25.3 Å². The molecule has 22 heavy (non-hydrogen) atoms. The van der Waals surface area contributed by atoms with Crippen LogP contribution in [0.3, 0.4) is 0 Å². The van der Waals surface area contributed by atoms with E-state index >= 15 is 0 Å². The molecule has 1 aromatic carbocycles. The Labute approximate surface area is 131 Å². The van der Waals surface area contributed by atoms with Gasteiger partial charge in [-0.3, -0.25) is 4.79 Å². The lowest BCUT2D eigenvalue weighted by Gasteiger charge is -2.47. The molecule has 0 aliphatic carbocycles. The summed E-state index contributed by atoms with van der Waals surface area (Å²) in [6.07, 6.45) is 5.90. The quantitative estimate of drug-likeness (QED) is 0.838. The van der Waals surface area contributed by atoms with Crippen LogP contribution in [0.5, 0.6) is 5.75 Å². The summed E-state index contributed by atoms with van der Waals surface area (Å²) in [5.41, 5.74) is 6.95. The molecule has 2 atom stereocenters. The Kier molecular flexibility index (Phi) is 4.25. The lowest BCUT2D eigenvalue weighted by Crippen LogP contribution is -2.55. The summed E-state index contributed by atoms with van der Waals surface area (Å²) in [4.78, 5) is 15.0. The van der Waals surface area contributed by atoms with E-state index in [-0.39, 0.29) is 11.9 Å². The monoisotopic (exact) mass is 303 g/mol. The molecule has 2 aliphatic rings. The molecule has 5 heteroatoms. The highest BCUT2D eigenvalue weighted by atomic mass is 16.5. The number of fused-ring (bicyclic) bond motifs is 2. The van der Waals surface area contributed by atoms with E-state index in [0.717, 1.165) is 12.8 Å². The maximum absolute atomic E-state index is 12.5. The maximum Gasteiger partial charge on any atom is 0.251 e. The van der Waals surface area contributed by atoms with Crippen molar-refractivity contribution in [3.05, 3.63) is 23.8 Å². The van der Waals surface area contributed by atoms with Crippen molar-refractivity contribution in [3.63, 3.8) is 0 Å². The number of carbonyl (C=O) groups is 1. The van der Waals surface area contributed by atoms with Crippen LogP contribution in [0.2, 0.25) is 0 Å². The molecular weight excluding hydrogens is 278 g/mol. The minimum atomic E-state index is -0.0362. The SMILES string of the molecule is COc1cc(C(=O)NC2CC3CCCC(C2)N3C)ccc1N. The topological polar surface area (TPSA) is 67.6 Å². The molecule has 2 saturated heterocycles. The molecule has 1 amide bonds. The Balaban J connectivity index is 1.67. The van der Waals surface area contributed by atoms with Crippen LogP contribution in [0.15, 0.2) is 18.2 Å². The van der Waals surface area contributed by atoms with Crippen LogP contribution < -0.4 is 15.8 Å². The number of nitrogens with zero attached hydrogens (tertiary/aromatic N) is 1. The van der Waals surface area contributed by atoms with Crippen molar-refractivity contribution in [2.75, 3.05) is 19.9 Å². The first-order chi connectivity index (χ1) is 10.6. The van der Waals surface area contributed by atoms with Crippen LogP contribution in [-0.2, 0) is 0 Å². The molecule has 2 aliphatic heterocycles. The van der Waals surface area contributed by atoms with E-state index in [0.29, 0.717) is 29.1 Å². The number of anilines is 1. The summed E-state index contributed by atoms with van der Waals surface area (Å²) in [6, 6.07) is 6.67. The fourth-order valence-electron chi connectivity index (χ4n) is 3.85. The summed E-state index contributed by atoms with van der Waals surface area (Å²) in [5, 5.41) is 3.19. The number of piperidine rings is 2. The van der Waals surface area contributed by atoms with Gasteiger partial charge in [0.05, 0.1) is 12.8 Å². The molecule has 2 unspecified atom stereocenters. The number of benzene rings is 1. The zero-order valence-electron chi connectivity index (χ0n) is 13.3. The van der Waals surface area contributed by atoms with Crippen LogP contribution in [0, 0.1) is 0 Å². The number of methoxy groups -OCH3 is 1. The van der Waals surface area contributed by atoms with Crippen LogP contribution in [-0.4, -0.2) is 43.1 Å². The van der Waals surface area contributed by atoms with Gasteiger partial charge in [0.25, 0.3) is 5.91 Å². The number of carbonyl (C=O) groups excluding carboxylic acids is 1. The van der Waals surface area contributed by atoms with Gasteiger partial charge in [-0.15, -0.1) is 0 Å². The number of nitrogens with one attached hydrogen (secondary N) is 1. The van der Waals surface area contributed by atoms with E-state index in [1.807, 2.05) is 0 Å². The number of rotatable bonds is 3. The first-order valence-corrected chi connectivity index (χ1v) is 8.04. The molecule has 0 aromatic heterocycles. The smallest absolute Gasteiger partial charge is 0.251 e. The Morgan fingerprint density at radius 3 is 2.64 bits per heavy atom. The maximum atomic E-state index is 12.5. The van der Waals surface area contributed by atoms with Gasteiger partial charge in [-0.25, -0.2) is 0 Å². The summed E-state index contributed by atoms with van der Waals surface area (Å²) in [6.45, 7) is 0. The summed E-state index contributed by atoms with van der Waals surface area (Å²) in [7, 11) is 3.78. The second-order valence-corrected chi connectivity index (χ2v) is 6.50. The molecule has 120 valence electrons. The average molecular weight is 303 g/mol. The van der Waals surface area contributed by atoms with Gasteiger partial charge in [0, 0.05) is 23.7 Å². The van der Waals surface area contributed by atoms with Gasteiger partial charge in [-0.05, 0) is 50.9 Å². The molecule has 2 heterocycles. The zero-order chi connectivity index (χ0) is 15.7. The standard InChI is InChI=1S/C17H25N3O2/c1-20-13-4-3-5-14(20)10-12(9-13)19-17(21)11-6-7-15(18)16(8-11)22-2/h6-8,12-14H,3-5,9-10,18H2,1-2H3,(H,19,21). The normalized spacial score (nSPS) is 28.2. The predicted molar refractivity (Wildman–Crippen MR) is 87.1 cm³/mol. The van der Waals surface area contributed by atoms with E-state index in [1.165, 1.54) is 19.3 Å². The highest BCUT2D eigenvalue weighted by molar-refractivity contribution is 5.95. The van der Waals surface area contributed by atoms with Crippen LogP contribution >= 0.6 is 0 Å². The minimum Gasteiger partial charge on any atom is -0.495 e. The highest BCUT2D eigenvalue weighted by Gasteiger charge is 2.36. The molecule has 5 nitrogen and oxygen atoms in total. The van der Waals surface area contributed by atoms with Crippen molar-refractivity contribution >= 4 is 11.6 Å². The molecule has 0 saturated carbocycles. The number of hydrogen-bond acceptors (Lipinski definition) is 4. The van der Waals surface area contributed by atoms with E-state index < -0.39 is 0 Å². The van der Waals surface area contributed by atoms with Crippen molar-refractivity contribution in [1.29, 1.82) is 0 Å². The summed E-state index contributed by atoms with van der Waals surface area (Å²) in [5.74, 6) is 0.513. The summed E-state index contributed by atoms with van der Waals surface area (Å²) >= 11 is 0. The highest BCUT2D eigenvalue weighted by Crippen LogP contribution is 2.32. The molecule has 3 N–H and O–H groups in total.